The standard InChI is InChI=1S/C17H24N2O2/c1-13(2)19-10-9-18(12-17(19)21)16(20)8-7-15-6-4-5-14(3)11-15/h4-6,11,13H,7-10,12H2,1-3H3. The molecule has 1 aliphatic heterocycles. The van der Waals surface area contributed by atoms with Gasteiger partial charge in [0.2, 0.25) is 11.8 Å². The fraction of sp³-hybridized carbons (Fsp3) is 0.529. The van der Waals surface area contributed by atoms with Crippen molar-refractivity contribution < 1.29 is 9.59 Å². The van der Waals surface area contributed by atoms with E-state index in [1.807, 2.05) is 30.9 Å². The predicted molar refractivity (Wildman–Crippen MR) is 82.9 cm³/mol. The van der Waals surface area contributed by atoms with Gasteiger partial charge in [-0.2, -0.15) is 0 Å². The number of hydrogen-bond acceptors (Lipinski definition) is 2. The van der Waals surface area contributed by atoms with Crippen LogP contribution in [0.25, 0.3) is 0 Å². The molecule has 1 aromatic rings. The second kappa shape index (κ2) is 6.74. The second-order valence-electron chi connectivity index (χ2n) is 5.99. The fourth-order valence-corrected chi connectivity index (χ4v) is 2.72. The van der Waals surface area contributed by atoms with Gasteiger partial charge in [0.25, 0.3) is 0 Å². The molecule has 1 heterocycles. The average molecular weight is 288 g/mol. The molecule has 1 aromatic carbocycles. The van der Waals surface area contributed by atoms with Crippen molar-refractivity contribution in [2.45, 2.75) is 39.7 Å². The Balaban J connectivity index is 1.86. The monoisotopic (exact) mass is 288 g/mol. The van der Waals surface area contributed by atoms with E-state index in [4.69, 9.17) is 0 Å². The van der Waals surface area contributed by atoms with Gasteiger partial charge in [-0.05, 0) is 32.8 Å². The molecule has 2 rings (SSSR count). The molecule has 0 bridgehead atoms. The van der Waals surface area contributed by atoms with Crippen molar-refractivity contribution in [3.8, 4) is 0 Å². The molecule has 0 unspecified atom stereocenters. The lowest BCUT2D eigenvalue weighted by Gasteiger charge is -2.36. The highest BCUT2D eigenvalue weighted by Crippen LogP contribution is 2.11. The van der Waals surface area contributed by atoms with Crippen LogP contribution < -0.4 is 0 Å². The average Bonchev–Trinajstić information content (AvgIpc) is 2.44. The van der Waals surface area contributed by atoms with Crippen LogP contribution in [-0.4, -0.2) is 47.3 Å². The maximum atomic E-state index is 12.2. The number of nitrogens with zero attached hydrogens (tertiary/aromatic N) is 2. The van der Waals surface area contributed by atoms with Gasteiger partial charge in [0.15, 0.2) is 0 Å². The molecule has 0 N–H and O–H groups in total. The van der Waals surface area contributed by atoms with E-state index < -0.39 is 0 Å². The first-order valence-electron chi connectivity index (χ1n) is 7.60. The zero-order valence-corrected chi connectivity index (χ0v) is 13.1. The molecule has 0 aliphatic carbocycles. The van der Waals surface area contributed by atoms with Crippen molar-refractivity contribution in [1.29, 1.82) is 0 Å². The Morgan fingerprint density at radius 1 is 1.29 bits per heavy atom. The van der Waals surface area contributed by atoms with E-state index in [1.54, 1.807) is 4.90 Å². The quantitative estimate of drug-likeness (QED) is 0.850. The third kappa shape index (κ3) is 4.06. The van der Waals surface area contributed by atoms with Crippen LogP contribution in [0.5, 0.6) is 0 Å². The molecule has 0 aromatic heterocycles. The largest absolute Gasteiger partial charge is 0.337 e. The first-order chi connectivity index (χ1) is 9.97. The topological polar surface area (TPSA) is 40.6 Å². The van der Waals surface area contributed by atoms with Gasteiger partial charge >= 0.3 is 0 Å². The Morgan fingerprint density at radius 2 is 2.05 bits per heavy atom. The molecule has 114 valence electrons. The van der Waals surface area contributed by atoms with Gasteiger partial charge in [0, 0.05) is 25.6 Å². The molecular weight excluding hydrogens is 264 g/mol. The Morgan fingerprint density at radius 3 is 2.67 bits per heavy atom. The van der Waals surface area contributed by atoms with Gasteiger partial charge in [-0.25, -0.2) is 0 Å². The predicted octanol–water partition coefficient (Wildman–Crippen LogP) is 2.01. The maximum absolute atomic E-state index is 12.2. The van der Waals surface area contributed by atoms with Crippen LogP contribution >= 0.6 is 0 Å². The molecule has 0 saturated carbocycles. The van der Waals surface area contributed by atoms with Crippen LogP contribution in [0, 0.1) is 6.92 Å². The highest BCUT2D eigenvalue weighted by molar-refractivity contribution is 5.86. The summed E-state index contributed by atoms with van der Waals surface area (Å²) in [6, 6.07) is 8.42. The Hall–Kier alpha value is -1.84. The van der Waals surface area contributed by atoms with Crippen molar-refractivity contribution in [3.05, 3.63) is 35.4 Å². The van der Waals surface area contributed by atoms with Crippen molar-refractivity contribution >= 4 is 11.8 Å². The van der Waals surface area contributed by atoms with Crippen LogP contribution in [0.15, 0.2) is 24.3 Å². The molecular formula is C17H24N2O2. The molecule has 21 heavy (non-hydrogen) atoms. The molecule has 1 saturated heterocycles. The van der Waals surface area contributed by atoms with E-state index in [2.05, 4.69) is 19.1 Å². The summed E-state index contributed by atoms with van der Waals surface area (Å²) < 4.78 is 0. The Labute approximate surface area is 126 Å². The molecule has 4 heteroatoms. The molecule has 2 amide bonds. The minimum absolute atomic E-state index is 0.0557. The summed E-state index contributed by atoms with van der Waals surface area (Å²) in [5.74, 6) is 0.133. The van der Waals surface area contributed by atoms with Gasteiger partial charge in [0.1, 0.15) is 0 Å². The lowest BCUT2D eigenvalue weighted by molar-refractivity contribution is -0.146. The number of carbonyl (C=O) groups excluding carboxylic acids is 2. The molecule has 1 aliphatic rings. The van der Waals surface area contributed by atoms with E-state index in [0.29, 0.717) is 19.5 Å². The summed E-state index contributed by atoms with van der Waals surface area (Å²) in [6.07, 6.45) is 1.21. The zero-order valence-electron chi connectivity index (χ0n) is 13.1. The summed E-state index contributed by atoms with van der Waals surface area (Å²) in [5, 5.41) is 0. The highest BCUT2D eigenvalue weighted by atomic mass is 16.2. The van der Waals surface area contributed by atoms with Gasteiger partial charge < -0.3 is 9.80 Å². The molecule has 0 spiro atoms. The summed E-state index contributed by atoms with van der Waals surface area (Å²) >= 11 is 0. The van der Waals surface area contributed by atoms with Crippen molar-refractivity contribution in [2.24, 2.45) is 0 Å². The summed E-state index contributed by atoms with van der Waals surface area (Å²) in [4.78, 5) is 27.8. The summed E-state index contributed by atoms with van der Waals surface area (Å²) in [6.45, 7) is 7.59. The van der Waals surface area contributed by atoms with Crippen LogP contribution in [0.1, 0.15) is 31.4 Å². The van der Waals surface area contributed by atoms with Gasteiger partial charge in [-0.3, -0.25) is 9.59 Å². The minimum Gasteiger partial charge on any atom is -0.337 e. The number of piperazine rings is 1. The number of amides is 2. The second-order valence-corrected chi connectivity index (χ2v) is 5.99. The molecule has 0 radical (unpaired) electrons. The first-order valence-corrected chi connectivity index (χ1v) is 7.60. The third-order valence-electron chi connectivity index (χ3n) is 3.94. The Kier molecular flexibility index (Phi) is 4.99. The maximum Gasteiger partial charge on any atom is 0.242 e. The van der Waals surface area contributed by atoms with Crippen LogP contribution in [0.4, 0.5) is 0 Å². The molecule has 1 fully saturated rings. The number of hydrogen-bond donors (Lipinski definition) is 0. The van der Waals surface area contributed by atoms with Crippen molar-refractivity contribution in [2.75, 3.05) is 19.6 Å². The Bertz CT molecular complexity index is 525. The van der Waals surface area contributed by atoms with Crippen LogP contribution in [-0.2, 0) is 16.0 Å². The van der Waals surface area contributed by atoms with Crippen molar-refractivity contribution in [1.82, 2.24) is 9.80 Å². The first kappa shape index (κ1) is 15.5. The lowest BCUT2D eigenvalue weighted by atomic mass is 10.1. The highest BCUT2D eigenvalue weighted by Gasteiger charge is 2.27. The molecule has 0 atom stereocenters. The normalized spacial score (nSPS) is 15.7. The summed E-state index contributed by atoms with van der Waals surface area (Å²) in [5.41, 5.74) is 2.39. The van der Waals surface area contributed by atoms with Gasteiger partial charge in [0.05, 0.1) is 6.54 Å². The third-order valence-corrected chi connectivity index (χ3v) is 3.94. The van der Waals surface area contributed by atoms with E-state index >= 15 is 0 Å². The van der Waals surface area contributed by atoms with Crippen molar-refractivity contribution in [3.63, 3.8) is 0 Å². The minimum atomic E-state index is 0.0557. The smallest absolute Gasteiger partial charge is 0.242 e. The van der Waals surface area contributed by atoms with Crippen LogP contribution in [0.2, 0.25) is 0 Å². The fourth-order valence-electron chi connectivity index (χ4n) is 2.72. The van der Waals surface area contributed by atoms with E-state index in [1.165, 1.54) is 11.1 Å². The number of benzene rings is 1. The van der Waals surface area contributed by atoms with Gasteiger partial charge in [-0.1, -0.05) is 29.8 Å². The van der Waals surface area contributed by atoms with E-state index in [0.717, 1.165) is 6.42 Å². The number of carbonyl (C=O) groups is 2. The number of rotatable bonds is 4. The number of aryl methyl sites for hydroxylation is 2. The zero-order chi connectivity index (χ0) is 15.4. The van der Waals surface area contributed by atoms with E-state index in [-0.39, 0.29) is 24.4 Å². The SMILES string of the molecule is Cc1cccc(CCC(=O)N2CCN(C(C)C)C(=O)C2)c1. The summed E-state index contributed by atoms with van der Waals surface area (Å²) in [7, 11) is 0. The lowest BCUT2D eigenvalue weighted by Crippen LogP contribution is -2.54. The van der Waals surface area contributed by atoms with E-state index in [9.17, 15) is 9.59 Å². The van der Waals surface area contributed by atoms with Gasteiger partial charge in [-0.15, -0.1) is 0 Å². The molecule has 4 nitrogen and oxygen atoms in total. The van der Waals surface area contributed by atoms with Crippen LogP contribution in [0.3, 0.4) is 0 Å².